The third-order valence-corrected chi connectivity index (χ3v) is 11.0. The Morgan fingerprint density at radius 1 is 0.710 bits per heavy atom. The van der Waals surface area contributed by atoms with Gasteiger partial charge < -0.3 is 4.43 Å². The van der Waals surface area contributed by atoms with Crippen molar-refractivity contribution in [1.82, 2.24) is 0 Å². The van der Waals surface area contributed by atoms with Gasteiger partial charge in [0.15, 0.2) is 0 Å². The van der Waals surface area contributed by atoms with E-state index in [0.717, 1.165) is 15.9 Å². The Hall–Kier alpha value is -1.55. The first kappa shape index (κ1) is 24.1. The molecule has 3 aromatic carbocycles. The van der Waals surface area contributed by atoms with Crippen molar-refractivity contribution in [3.05, 3.63) is 103 Å². The van der Waals surface area contributed by atoms with Crippen LogP contribution in [0.2, 0.25) is 5.04 Å². The molecule has 0 saturated heterocycles. The molecule has 0 amide bonds. The van der Waals surface area contributed by atoms with Gasteiger partial charge in [-0.25, -0.2) is 0 Å². The largest absolute Gasteiger partial charge is 0.397 e. The lowest BCUT2D eigenvalue weighted by atomic mass is 10.2. The van der Waals surface area contributed by atoms with E-state index in [1.54, 1.807) is 0 Å². The van der Waals surface area contributed by atoms with Gasteiger partial charge in [-0.3, -0.25) is 0 Å². The van der Waals surface area contributed by atoms with E-state index in [4.69, 9.17) is 39.2 Å². The number of rotatable bonds is 6. The topological polar surface area (TPSA) is 9.23 Å². The summed E-state index contributed by atoms with van der Waals surface area (Å²) in [6.45, 7) is 6.61. The Morgan fingerprint density at radius 3 is 1.52 bits per heavy atom. The zero-order valence-corrected chi connectivity index (χ0v) is 21.2. The molecule has 0 aromatic heterocycles. The molecule has 0 N–H and O–H groups in total. The smallest absolute Gasteiger partial charge is 0.262 e. The minimum atomic E-state index is -2.86. The van der Waals surface area contributed by atoms with Crippen LogP contribution < -0.4 is 10.4 Å². The van der Waals surface area contributed by atoms with E-state index in [0.29, 0.717) is 0 Å². The van der Waals surface area contributed by atoms with Gasteiger partial charge in [-0.2, -0.15) is 0 Å². The summed E-state index contributed by atoms with van der Waals surface area (Å²) in [6.07, 6.45) is 3.08. The normalized spacial score (nSPS) is 14.0. The molecule has 1 nitrogen and oxygen atoms in total. The van der Waals surface area contributed by atoms with Gasteiger partial charge >= 0.3 is 0 Å². The Labute approximate surface area is 201 Å². The maximum Gasteiger partial charge on any atom is 0.262 e. The van der Waals surface area contributed by atoms with Crippen LogP contribution in [-0.2, 0) is 4.43 Å². The van der Waals surface area contributed by atoms with Crippen molar-refractivity contribution in [1.29, 1.82) is 0 Å². The minimum Gasteiger partial charge on any atom is -0.397 e. The summed E-state index contributed by atoms with van der Waals surface area (Å²) in [7, 11) is -2.86. The molecule has 31 heavy (non-hydrogen) atoms. The van der Waals surface area contributed by atoms with Crippen LogP contribution in [0.3, 0.4) is 0 Å². The molecule has 3 rings (SSSR count). The highest BCUT2D eigenvalue weighted by molar-refractivity contribution is 6.99. The number of hydrogen-bond acceptors (Lipinski definition) is 1. The summed E-state index contributed by atoms with van der Waals surface area (Å²) in [5.41, 5.74) is 1.02. The second kappa shape index (κ2) is 9.93. The van der Waals surface area contributed by atoms with Gasteiger partial charge in [-0.15, -0.1) is 0 Å². The van der Waals surface area contributed by atoms with E-state index >= 15 is 0 Å². The quantitative estimate of drug-likeness (QED) is 0.267. The van der Waals surface area contributed by atoms with Crippen LogP contribution in [0.1, 0.15) is 26.3 Å². The monoisotopic (exact) mass is 488 g/mol. The molecule has 0 aliphatic rings. The van der Waals surface area contributed by atoms with Crippen molar-refractivity contribution in [2.45, 2.75) is 35.7 Å². The van der Waals surface area contributed by atoms with E-state index in [9.17, 15) is 0 Å². The van der Waals surface area contributed by atoms with Crippen molar-refractivity contribution in [3.63, 3.8) is 0 Å². The molecule has 0 bridgehead atoms. The second-order valence-corrected chi connectivity index (χ2v) is 15.1. The van der Waals surface area contributed by atoms with Crippen molar-refractivity contribution in [2.75, 3.05) is 0 Å². The summed E-state index contributed by atoms with van der Waals surface area (Å²) in [6, 6.07) is 30.6. The summed E-state index contributed by atoms with van der Waals surface area (Å²) < 4.78 is 5.39. The number of alkyl halides is 3. The van der Waals surface area contributed by atoms with Crippen LogP contribution in [0.25, 0.3) is 6.08 Å². The molecule has 0 aliphatic carbocycles. The highest BCUT2D eigenvalue weighted by atomic mass is 35.6. The van der Waals surface area contributed by atoms with Gasteiger partial charge in [0, 0.05) is 0 Å². The molecule has 0 unspecified atom stereocenters. The lowest BCUT2D eigenvalue weighted by Gasteiger charge is -2.45. The van der Waals surface area contributed by atoms with Gasteiger partial charge in [0.2, 0.25) is 3.79 Å². The van der Waals surface area contributed by atoms with Crippen LogP contribution in [0.5, 0.6) is 0 Å². The first-order valence-corrected chi connectivity index (χ1v) is 13.3. The predicted octanol–water partition coefficient (Wildman–Crippen LogP) is 7.02. The average Bonchev–Trinajstić information content (AvgIpc) is 2.74. The van der Waals surface area contributed by atoms with E-state index < -0.39 is 18.2 Å². The lowest BCUT2D eigenvalue weighted by Crippen LogP contribution is -2.68. The molecular formula is C26H27Cl3OSi. The van der Waals surface area contributed by atoms with Gasteiger partial charge in [-0.05, 0) is 21.0 Å². The fourth-order valence-electron chi connectivity index (χ4n) is 3.86. The molecule has 0 saturated carbocycles. The molecule has 1 atom stereocenters. The van der Waals surface area contributed by atoms with Crippen molar-refractivity contribution in [2.24, 2.45) is 0 Å². The molecular weight excluding hydrogens is 463 g/mol. The molecule has 3 aromatic rings. The Kier molecular flexibility index (Phi) is 7.72. The fraction of sp³-hybridized carbons (Fsp3) is 0.231. The molecule has 0 heterocycles. The first-order chi connectivity index (χ1) is 14.6. The maximum absolute atomic E-state index is 7.02. The average molecular weight is 490 g/mol. The van der Waals surface area contributed by atoms with E-state index in [2.05, 4.69) is 45.0 Å². The number of hydrogen-bond donors (Lipinski definition) is 0. The van der Waals surface area contributed by atoms with Crippen LogP contribution in [0, 0.1) is 0 Å². The predicted molar refractivity (Wildman–Crippen MR) is 138 cm³/mol. The summed E-state index contributed by atoms with van der Waals surface area (Å²) in [5.74, 6) is 0. The first-order valence-electron chi connectivity index (χ1n) is 10.2. The van der Waals surface area contributed by atoms with Crippen LogP contribution >= 0.6 is 34.8 Å². The molecule has 0 aliphatic heterocycles. The van der Waals surface area contributed by atoms with Gasteiger partial charge in [0.05, 0.1) is 0 Å². The molecule has 0 spiro atoms. The van der Waals surface area contributed by atoms with Gasteiger partial charge in [0.25, 0.3) is 8.32 Å². The zero-order valence-electron chi connectivity index (χ0n) is 17.9. The van der Waals surface area contributed by atoms with Gasteiger partial charge in [-0.1, -0.05) is 159 Å². The van der Waals surface area contributed by atoms with Crippen molar-refractivity contribution < 1.29 is 4.43 Å². The molecule has 0 fully saturated rings. The van der Waals surface area contributed by atoms with Crippen molar-refractivity contribution in [3.8, 4) is 0 Å². The van der Waals surface area contributed by atoms with E-state index in [-0.39, 0.29) is 5.04 Å². The second-order valence-electron chi connectivity index (χ2n) is 8.51. The third-order valence-electron chi connectivity index (χ3n) is 5.31. The molecule has 162 valence electrons. The van der Waals surface area contributed by atoms with Gasteiger partial charge in [0.1, 0.15) is 6.10 Å². The molecule has 0 radical (unpaired) electrons. The lowest BCUT2D eigenvalue weighted by molar-refractivity contribution is 0.238. The highest BCUT2D eigenvalue weighted by Crippen LogP contribution is 2.42. The molecule has 5 heteroatoms. The van der Waals surface area contributed by atoms with Crippen LogP contribution in [0.4, 0.5) is 0 Å². The Morgan fingerprint density at radius 2 is 1.13 bits per heavy atom. The SMILES string of the molecule is CC(C)(C)[Si](O[C@@H](/C=C/c1ccccc1)C(Cl)(Cl)Cl)(c1ccccc1)c1ccccc1. The fourth-order valence-corrected chi connectivity index (χ4v) is 9.09. The van der Waals surface area contributed by atoms with Crippen molar-refractivity contribution >= 4 is 59.6 Å². The van der Waals surface area contributed by atoms with E-state index in [1.165, 1.54) is 0 Å². The zero-order chi connectivity index (χ0) is 22.5. The third kappa shape index (κ3) is 5.63. The summed E-state index contributed by atoms with van der Waals surface area (Å²) >= 11 is 19.4. The Balaban J connectivity index is 2.17. The van der Waals surface area contributed by atoms with Crippen LogP contribution in [0.15, 0.2) is 97.1 Å². The number of benzene rings is 3. The Bertz CT molecular complexity index is 938. The standard InChI is InChI=1S/C26H27Cl3OSi/c1-25(2,3)31(22-15-9-5-10-16-22,23-17-11-6-12-18-23)30-24(26(27,28)29)20-19-21-13-7-4-8-14-21/h4-20,24H,1-3H3/b20-19+/t24-/m0/s1. The summed E-state index contributed by atoms with van der Waals surface area (Å²) in [5, 5.41) is 2.06. The highest BCUT2D eigenvalue weighted by Gasteiger charge is 2.53. The summed E-state index contributed by atoms with van der Waals surface area (Å²) in [4.78, 5) is 0. The maximum atomic E-state index is 7.02. The number of halogens is 3. The minimum absolute atomic E-state index is 0.218. The van der Waals surface area contributed by atoms with Crippen LogP contribution in [-0.4, -0.2) is 18.2 Å². The van der Waals surface area contributed by atoms with E-state index in [1.807, 2.05) is 78.9 Å².